The quantitative estimate of drug-likeness (QED) is 0.561. The van der Waals surface area contributed by atoms with Crippen LogP contribution >= 0.6 is 19.1 Å². The van der Waals surface area contributed by atoms with Crippen LogP contribution in [0, 0.1) is 6.92 Å². The van der Waals surface area contributed by atoms with Crippen molar-refractivity contribution in [3.05, 3.63) is 70.9 Å². The Morgan fingerprint density at radius 3 is 2.41 bits per heavy atom. The Morgan fingerprint density at radius 1 is 1.03 bits per heavy atom. The van der Waals surface area contributed by atoms with Gasteiger partial charge in [-0.15, -0.1) is 0 Å². The summed E-state index contributed by atoms with van der Waals surface area (Å²) in [4.78, 5) is 4.76. The van der Waals surface area contributed by atoms with Gasteiger partial charge in [0.1, 0.15) is 5.30 Å². The van der Waals surface area contributed by atoms with Crippen LogP contribution in [-0.2, 0) is 9.09 Å². The number of hydrogen-bond acceptors (Lipinski definition) is 4. The van der Waals surface area contributed by atoms with Crippen molar-refractivity contribution in [2.75, 3.05) is 13.1 Å². The molecule has 148 valence electrons. The van der Waals surface area contributed by atoms with E-state index in [1.807, 2.05) is 54.1 Å². The van der Waals surface area contributed by atoms with Crippen LogP contribution in [0.1, 0.15) is 24.1 Å². The average Bonchev–Trinajstić information content (AvgIpc) is 3.38. The number of hydrogen-bond donors (Lipinski definition) is 0. The summed E-state index contributed by atoms with van der Waals surface area (Å²) in [5, 5.41) is 5.90. The lowest BCUT2D eigenvalue weighted by atomic mass is 10.2. The highest BCUT2D eigenvalue weighted by Gasteiger charge is 2.46. The van der Waals surface area contributed by atoms with Crippen molar-refractivity contribution >= 4 is 36.1 Å². The molecule has 0 aliphatic carbocycles. The minimum absolute atomic E-state index is 0.335. The molecule has 1 saturated heterocycles. The molecule has 0 amide bonds. The zero-order valence-corrected chi connectivity index (χ0v) is 17.6. The number of fused-ring (bicyclic) bond motifs is 1. The molecule has 0 unspecified atom stereocenters. The van der Waals surface area contributed by atoms with Gasteiger partial charge < -0.3 is 4.52 Å². The van der Waals surface area contributed by atoms with E-state index in [2.05, 4.69) is 5.10 Å². The minimum Gasteiger partial charge on any atom is -0.410 e. The summed E-state index contributed by atoms with van der Waals surface area (Å²) in [6.07, 6.45) is 2.00. The molecular weight excluding hydrogens is 407 g/mol. The second-order valence-corrected chi connectivity index (χ2v) is 9.87. The molecule has 29 heavy (non-hydrogen) atoms. The van der Waals surface area contributed by atoms with Crippen molar-refractivity contribution in [2.24, 2.45) is 4.99 Å². The maximum atomic E-state index is 14.3. The van der Waals surface area contributed by atoms with Crippen LogP contribution in [0.2, 0.25) is 5.02 Å². The number of rotatable bonds is 3. The van der Waals surface area contributed by atoms with Crippen molar-refractivity contribution in [3.8, 4) is 5.69 Å². The molecule has 5 rings (SSSR count). The summed E-state index contributed by atoms with van der Waals surface area (Å²) in [7, 11) is -3.34. The molecule has 8 heteroatoms. The molecule has 0 saturated carbocycles. The minimum atomic E-state index is -3.34. The van der Waals surface area contributed by atoms with Crippen molar-refractivity contribution in [3.63, 3.8) is 0 Å². The highest BCUT2D eigenvalue weighted by atomic mass is 35.5. The molecular formula is C21H20ClN4O2P. The molecule has 2 aliphatic rings. The van der Waals surface area contributed by atoms with Crippen molar-refractivity contribution in [1.82, 2.24) is 14.5 Å². The lowest BCUT2D eigenvalue weighted by Crippen LogP contribution is -2.30. The highest BCUT2D eigenvalue weighted by molar-refractivity contribution is 7.65. The zero-order chi connectivity index (χ0) is 20.0. The lowest BCUT2D eigenvalue weighted by molar-refractivity contribution is 0.396. The summed E-state index contributed by atoms with van der Waals surface area (Å²) in [5.41, 5.74) is 2.28. The van der Waals surface area contributed by atoms with E-state index in [4.69, 9.17) is 21.1 Å². The van der Waals surface area contributed by atoms with E-state index in [0.717, 1.165) is 37.2 Å². The first-order valence-corrected chi connectivity index (χ1v) is 11.6. The van der Waals surface area contributed by atoms with Crippen molar-refractivity contribution in [2.45, 2.75) is 19.8 Å². The Morgan fingerprint density at radius 2 is 1.72 bits per heavy atom. The van der Waals surface area contributed by atoms with Crippen LogP contribution in [0.25, 0.3) is 5.69 Å². The Hall–Kier alpha value is -2.40. The summed E-state index contributed by atoms with van der Waals surface area (Å²) in [5.74, 6) is 0.904. The Kier molecular flexibility index (Phi) is 4.58. The molecule has 0 N–H and O–H groups in total. The fraction of sp³-hybridized carbons (Fsp3) is 0.238. The van der Waals surface area contributed by atoms with Crippen LogP contribution in [0.3, 0.4) is 0 Å². The van der Waals surface area contributed by atoms with Crippen LogP contribution in [-0.4, -0.2) is 33.4 Å². The summed E-state index contributed by atoms with van der Waals surface area (Å²) in [6, 6.07) is 17.0. The molecule has 2 aromatic carbocycles. The molecule has 1 aromatic heterocycles. The standard InChI is InChI=1S/C21H20ClN4O2P/c1-15-19-20(26(24-15)18-7-3-2-4-8-18)23-21(16-9-11-17(22)12-10-16)28-29(19,27)25-13-5-6-14-25/h2-4,7-12H,5-6,13-14H2,1H3/t29-/m0/s1. The van der Waals surface area contributed by atoms with Crippen LogP contribution in [0.4, 0.5) is 5.82 Å². The Bertz CT molecular complexity index is 1140. The zero-order valence-electron chi connectivity index (χ0n) is 16.0. The topological polar surface area (TPSA) is 59.7 Å². The molecule has 6 nitrogen and oxygen atoms in total. The normalized spacial score (nSPS) is 21.5. The predicted octanol–water partition coefficient (Wildman–Crippen LogP) is 4.86. The van der Waals surface area contributed by atoms with Gasteiger partial charge >= 0.3 is 7.52 Å². The SMILES string of the molecule is Cc1nn(-c2ccccc2)c2c1[P@@](=O)(N1CCCC1)OC(c1ccc(Cl)cc1)=N2. The van der Waals surface area contributed by atoms with Crippen LogP contribution in [0.5, 0.6) is 0 Å². The summed E-state index contributed by atoms with van der Waals surface area (Å²) < 4.78 is 24.2. The van der Waals surface area contributed by atoms with Gasteiger partial charge in [0.05, 0.1) is 11.4 Å². The highest BCUT2D eigenvalue weighted by Crippen LogP contribution is 2.57. The largest absolute Gasteiger partial charge is 0.410 e. The fourth-order valence-corrected chi connectivity index (χ4v) is 6.50. The molecule has 3 heterocycles. The van der Waals surface area contributed by atoms with E-state index in [9.17, 15) is 4.57 Å². The predicted molar refractivity (Wildman–Crippen MR) is 115 cm³/mol. The summed E-state index contributed by atoms with van der Waals surface area (Å²) in [6.45, 7) is 3.34. The van der Waals surface area contributed by atoms with E-state index in [-0.39, 0.29) is 0 Å². The van der Waals surface area contributed by atoms with Gasteiger partial charge in [-0.25, -0.2) is 9.35 Å². The maximum Gasteiger partial charge on any atom is 0.356 e. The van der Waals surface area contributed by atoms with E-state index in [0.29, 0.717) is 27.7 Å². The van der Waals surface area contributed by atoms with Gasteiger partial charge in [0.25, 0.3) is 0 Å². The van der Waals surface area contributed by atoms with Crippen LogP contribution < -0.4 is 5.30 Å². The molecule has 2 aliphatic heterocycles. The van der Waals surface area contributed by atoms with Gasteiger partial charge in [-0.2, -0.15) is 10.1 Å². The lowest BCUT2D eigenvalue weighted by Gasteiger charge is -2.30. The van der Waals surface area contributed by atoms with E-state index >= 15 is 0 Å². The first kappa shape index (κ1) is 18.6. The molecule has 3 aromatic rings. The Balaban J connectivity index is 1.73. The second kappa shape index (κ2) is 7.13. The number of aliphatic imine (C=N–C) groups is 1. The second-order valence-electron chi connectivity index (χ2n) is 7.20. The van der Waals surface area contributed by atoms with Gasteiger partial charge in [-0.05, 0) is 56.2 Å². The first-order valence-electron chi connectivity index (χ1n) is 9.61. The van der Waals surface area contributed by atoms with Gasteiger partial charge in [-0.1, -0.05) is 29.8 Å². The molecule has 1 atom stereocenters. The van der Waals surface area contributed by atoms with E-state index in [1.165, 1.54) is 0 Å². The number of nitrogens with zero attached hydrogens (tertiary/aromatic N) is 4. The van der Waals surface area contributed by atoms with Crippen molar-refractivity contribution < 1.29 is 9.09 Å². The smallest absolute Gasteiger partial charge is 0.356 e. The number of aromatic nitrogens is 2. The molecule has 0 bridgehead atoms. The van der Waals surface area contributed by atoms with Gasteiger partial charge in [0.2, 0.25) is 5.90 Å². The van der Waals surface area contributed by atoms with Gasteiger partial charge in [0.15, 0.2) is 5.82 Å². The monoisotopic (exact) mass is 426 g/mol. The number of benzene rings is 2. The maximum absolute atomic E-state index is 14.3. The Labute approximate surface area is 174 Å². The van der Waals surface area contributed by atoms with Crippen LogP contribution in [0.15, 0.2) is 59.6 Å². The fourth-order valence-electron chi connectivity index (χ4n) is 3.84. The number of aryl methyl sites for hydroxylation is 1. The van der Waals surface area contributed by atoms with Gasteiger partial charge in [-0.3, -0.25) is 4.57 Å². The van der Waals surface area contributed by atoms with Gasteiger partial charge in [0, 0.05) is 23.7 Å². The molecule has 0 spiro atoms. The average molecular weight is 427 g/mol. The molecule has 1 fully saturated rings. The number of halogens is 1. The third kappa shape index (κ3) is 3.12. The summed E-state index contributed by atoms with van der Waals surface area (Å²) >= 11 is 6.04. The third-order valence-corrected chi connectivity index (χ3v) is 8.16. The molecule has 0 radical (unpaired) electrons. The first-order chi connectivity index (χ1) is 14.1. The number of para-hydroxylation sites is 1. The van der Waals surface area contributed by atoms with Crippen molar-refractivity contribution in [1.29, 1.82) is 0 Å². The third-order valence-electron chi connectivity index (χ3n) is 5.25. The van der Waals surface area contributed by atoms with E-state index in [1.54, 1.807) is 16.8 Å². The van der Waals surface area contributed by atoms with E-state index < -0.39 is 7.52 Å².